The number of H-pyrrole nitrogens is 1. The largest absolute Gasteiger partial charge is 0.355 e. The van der Waals surface area contributed by atoms with E-state index in [1.807, 2.05) is 54.7 Å². The van der Waals surface area contributed by atoms with Gasteiger partial charge in [0.05, 0.1) is 5.39 Å². The molecule has 1 unspecified atom stereocenters. The Morgan fingerprint density at radius 3 is 2.86 bits per heavy atom. The van der Waals surface area contributed by atoms with Crippen LogP contribution in [0.15, 0.2) is 67.1 Å². The highest BCUT2D eigenvalue weighted by molar-refractivity contribution is 6.00. The van der Waals surface area contributed by atoms with Crippen LogP contribution in [-0.2, 0) is 11.3 Å². The molecule has 0 aliphatic carbocycles. The number of fused-ring (bicyclic) bond motifs is 1. The number of carbonyl (C=O) groups excluding carboxylic acids is 2. The maximum absolute atomic E-state index is 12.8. The second kappa shape index (κ2) is 10.5. The Balaban J connectivity index is 1.26. The molecule has 9 heteroatoms. The summed E-state index contributed by atoms with van der Waals surface area (Å²) in [6, 6.07) is 17.1. The smallest absolute Gasteiger partial charge is 0.323 e. The van der Waals surface area contributed by atoms with E-state index >= 15 is 0 Å². The van der Waals surface area contributed by atoms with Gasteiger partial charge in [-0.3, -0.25) is 4.79 Å². The predicted molar refractivity (Wildman–Crippen MR) is 141 cm³/mol. The lowest BCUT2D eigenvalue weighted by Gasteiger charge is -2.34. The van der Waals surface area contributed by atoms with Crippen molar-refractivity contribution in [2.45, 2.75) is 32.2 Å². The second-order valence-corrected chi connectivity index (χ2v) is 8.99. The summed E-state index contributed by atoms with van der Waals surface area (Å²) < 4.78 is 0. The van der Waals surface area contributed by atoms with Gasteiger partial charge in [-0.2, -0.15) is 0 Å². The number of amides is 3. The molecule has 2 aromatic carbocycles. The van der Waals surface area contributed by atoms with E-state index in [0.29, 0.717) is 18.2 Å². The molecule has 1 aliphatic rings. The Morgan fingerprint density at radius 1 is 1.08 bits per heavy atom. The molecule has 36 heavy (non-hydrogen) atoms. The lowest BCUT2D eigenvalue weighted by molar-refractivity contribution is -0.119. The normalized spacial score (nSPS) is 15.5. The van der Waals surface area contributed by atoms with E-state index < -0.39 is 0 Å². The summed E-state index contributed by atoms with van der Waals surface area (Å²) in [6.45, 7) is 3.62. The molecule has 3 amide bonds. The third-order valence-corrected chi connectivity index (χ3v) is 6.46. The predicted octanol–water partition coefficient (Wildman–Crippen LogP) is 4.62. The number of benzene rings is 2. The number of anilines is 3. The first kappa shape index (κ1) is 23.3. The molecule has 1 atom stereocenters. The van der Waals surface area contributed by atoms with Crippen LogP contribution in [-0.4, -0.2) is 40.0 Å². The highest BCUT2D eigenvalue weighted by Gasteiger charge is 2.24. The second-order valence-electron chi connectivity index (χ2n) is 8.99. The van der Waals surface area contributed by atoms with E-state index in [0.717, 1.165) is 54.0 Å². The SMILES string of the molecule is CC(=O)NCc1ccccc1NC(=O)Nc1cccc(C2CCCN(c3ncnc4[nH]ccc34)C2)c1. The number of hydrogen-bond donors (Lipinski definition) is 4. The minimum Gasteiger partial charge on any atom is -0.355 e. The Morgan fingerprint density at radius 2 is 1.97 bits per heavy atom. The fourth-order valence-electron chi connectivity index (χ4n) is 4.72. The van der Waals surface area contributed by atoms with Gasteiger partial charge < -0.3 is 25.8 Å². The zero-order valence-corrected chi connectivity index (χ0v) is 20.1. The fraction of sp³-hybridized carbons (Fsp3) is 0.259. The van der Waals surface area contributed by atoms with Crippen molar-refractivity contribution in [3.8, 4) is 0 Å². The minimum atomic E-state index is -0.330. The number of piperidine rings is 1. The van der Waals surface area contributed by atoms with Gasteiger partial charge in [0, 0.05) is 50.0 Å². The lowest BCUT2D eigenvalue weighted by atomic mass is 9.90. The highest BCUT2D eigenvalue weighted by Crippen LogP contribution is 2.32. The number of carbonyl (C=O) groups is 2. The molecule has 9 nitrogen and oxygen atoms in total. The number of para-hydroxylation sites is 1. The molecule has 2 aromatic heterocycles. The first-order chi connectivity index (χ1) is 17.6. The monoisotopic (exact) mass is 483 g/mol. The van der Waals surface area contributed by atoms with Crippen LogP contribution in [0.1, 0.15) is 36.8 Å². The van der Waals surface area contributed by atoms with Crippen molar-refractivity contribution >= 4 is 40.2 Å². The number of urea groups is 1. The van der Waals surface area contributed by atoms with Crippen LogP contribution in [0.4, 0.5) is 22.0 Å². The van der Waals surface area contributed by atoms with Crippen molar-refractivity contribution in [2.24, 2.45) is 0 Å². The topological polar surface area (TPSA) is 115 Å². The summed E-state index contributed by atoms with van der Waals surface area (Å²) in [5.74, 6) is 1.16. The van der Waals surface area contributed by atoms with Crippen LogP contribution in [0, 0.1) is 0 Å². The van der Waals surface area contributed by atoms with Crippen molar-refractivity contribution in [1.29, 1.82) is 0 Å². The van der Waals surface area contributed by atoms with Crippen LogP contribution in [0.25, 0.3) is 11.0 Å². The Hall–Kier alpha value is -4.40. The molecule has 0 radical (unpaired) electrons. The molecule has 1 saturated heterocycles. The van der Waals surface area contributed by atoms with E-state index in [1.54, 1.807) is 6.33 Å². The number of aromatic amines is 1. The van der Waals surface area contributed by atoms with Gasteiger partial charge in [-0.15, -0.1) is 0 Å². The molecule has 184 valence electrons. The van der Waals surface area contributed by atoms with Crippen molar-refractivity contribution in [1.82, 2.24) is 20.3 Å². The molecule has 0 bridgehead atoms. The molecule has 0 saturated carbocycles. The van der Waals surface area contributed by atoms with Gasteiger partial charge in [-0.25, -0.2) is 14.8 Å². The van der Waals surface area contributed by atoms with E-state index in [9.17, 15) is 9.59 Å². The van der Waals surface area contributed by atoms with E-state index in [4.69, 9.17) is 0 Å². The fourth-order valence-corrected chi connectivity index (χ4v) is 4.72. The van der Waals surface area contributed by atoms with Gasteiger partial charge in [-0.1, -0.05) is 30.3 Å². The molecular weight excluding hydrogens is 454 g/mol. The third-order valence-electron chi connectivity index (χ3n) is 6.46. The molecule has 4 N–H and O–H groups in total. The summed E-state index contributed by atoms with van der Waals surface area (Å²) in [5.41, 5.74) is 4.25. The first-order valence-electron chi connectivity index (χ1n) is 12.1. The maximum Gasteiger partial charge on any atom is 0.323 e. The van der Waals surface area contributed by atoms with Crippen molar-refractivity contribution in [3.63, 3.8) is 0 Å². The molecule has 0 spiro atoms. The van der Waals surface area contributed by atoms with E-state index in [-0.39, 0.29) is 11.9 Å². The number of nitrogens with one attached hydrogen (secondary N) is 4. The summed E-state index contributed by atoms with van der Waals surface area (Å²) >= 11 is 0. The van der Waals surface area contributed by atoms with Gasteiger partial charge >= 0.3 is 6.03 Å². The van der Waals surface area contributed by atoms with Crippen molar-refractivity contribution in [3.05, 3.63) is 78.2 Å². The summed E-state index contributed by atoms with van der Waals surface area (Å²) in [4.78, 5) is 38.4. The van der Waals surface area contributed by atoms with Gasteiger partial charge in [0.25, 0.3) is 0 Å². The number of rotatable bonds is 6. The van der Waals surface area contributed by atoms with E-state index in [2.05, 4.69) is 41.9 Å². The standard InChI is InChI=1S/C27H29N7O2/c1-18(35)29-15-20-6-2-3-10-24(20)33-27(36)32-22-9-4-7-19(14-22)21-8-5-13-34(16-21)26-23-11-12-28-25(23)30-17-31-26/h2-4,6-7,9-12,14,17,21H,5,8,13,15-16H2,1H3,(H,29,35)(H,28,30,31)(H2,32,33,36). The molecular formula is C27H29N7O2. The number of aromatic nitrogens is 3. The van der Waals surface area contributed by atoms with Gasteiger partial charge in [0.2, 0.25) is 5.91 Å². The first-order valence-corrected chi connectivity index (χ1v) is 12.1. The molecule has 4 aromatic rings. The zero-order valence-electron chi connectivity index (χ0n) is 20.1. The minimum absolute atomic E-state index is 0.121. The zero-order chi connectivity index (χ0) is 24.9. The Bertz CT molecular complexity index is 1380. The average molecular weight is 484 g/mol. The number of nitrogens with zero attached hydrogens (tertiary/aromatic N) is 3. The lowest BCUT2D eigenvalue weighted by Crippen LogP contribution is -2.35. The Kier molecular flexibility index (Phi) is 6.79. The average Bonchev–Trinajstić information content (AvgIpc) is 3.37. The molecule has 3 heterocycles. The number of hydrogen-bond acceptors (Lipinski definition) is 5. The van der Waals surface area contributed by atoms with Crippen LogP contribution in [0.3, 0.4) is 0 Å². The van der Waals surface area contributed by atoms with Crippen molar-refractivity contribution in [2.75, 3.05) is 28.6 Å². The van der Waals surface area contributed by atoms with Gasteiger partial charge in [0.15, 0.2) is 0 Å². The van der Waals surface area contributed by atoms with E-state index in [1.165, 1.54) is 12.5 Å². The molecule has 1 fully saturated rings. The third kappa shape index (κ3) is 5.30. The van der Waals surface area contributed by atoms with Crippen LogP contribution < -0.4 is 20.9 Å². The molecule has 1 aliphatic heterocycles. The van der Waals surface area contributed by atoms with Crippen LogP contribution >= 0.6 is 0 Å². The van der Waals surface area contributed by atoms with Crippen LogP contribution in [0.5, 0.6) is 0 Å². The van der Waals surface area contributed by atoms with Gasteiger partial charge in [0.1, 0.15) is 17.8 Å². The quantitative estimate of drug-likeness (QED) is 0.319. The summed E-state index contributed by atoms with van der Waals surface area (Å²) in [7, 11) is 0. The highest BCUT2D eigenvalue weighted by atomic mass is 16.2. The maximum atomic E-state index is 12.8. The summed E-state index contributed by atoms with van der Waals surface area (Å²) in [6.07, 6.45) is 5.63. The molecule has 5 rings (SSSR count). The Labute approximate surface area is 209 Å². The van der Waals surface area contributed by atoms with Gasteiger partial charge in [-0.05, 0) is 48.2 Å². The van der Waals surface area contributed by atoms with Crippen LogP contribution in [0.2, 0.25) is 0 Å². The van der Waals surface area contributed by atoms with Crippen molar-refractivity contribution < 1.29 is 9.59 Å². The summed E-state index contributed by atoms with van der Waals surface area (Å²) in [5, 5.41) is 9.65.